The van der Waals surface area contributed by atoms with Crippen LogP contribution in [0.25, 0.3) is 0 Å². The van der Waals surface area contributed by atoms with Gasteiger partial charge in [-0.05, 0) is 32.9 Å². The Morgan fingerprint density at radius 3 is 2.41 bits per heavy atom. The quantitative estimate of drug-likeness (QED) is 0.464. The zero-order valence-corrected chi connectivity index (χ0v) is 11.2. The predicted molar refractivity (Wildman–Crippen MR) is 66.9 cm³/mol. The molecule has 0 aliphatic rings. The second kappa shape index (κ2) is 5.33. The van der Waals surface area contributed by atoms with Gasteiger partial charge in [-0.15, -0.1) is 0 Å². The van der Waals surface area contributed by atoms with Gasteiger partial charge in [-0.25, -0.2) is 8.78 Å². The van der Waals surface area contributed by atoms with Gasteiger partial charge in [0, 0.05) is 5.56 Å². The van der Waals surface area contributed by atoms with E-state index in [1.54, 1.807) is 20.8 Å². The first-order valence-electron chi connectivity index (χ1n) is 4.82. The van der Waals surface area contributed by atoms with E-state index in [4.69, 9.17) is 11.6 Å². The first-order valence-corrected chi connectivity index (χ1v) is 6.31. The van der Waals surface area contributed by atoms with E-state index in [0.717, 1.165) is 18.3 Å². The summed E-state index contributed by atoms with van der Waals surface area (Å²) in [6.07, 6.45) is 1.05. The number of rotatable bonds is 2. The van der Waals surface area contributed by atoms with E-state index in [0.29, 0.717) is 0 Å². The normalized spacial score (nSPS) is 14.3. The van der Waals surface area contributed by atoms with Crippen LogP contribution < -0.4 is 0 Å². The lowest BCUT2D eigenvalue weighted by Gasteiger charge is -2.17. The highest BCUT2D eigenvalue weighted by molar-refractivity contribution is 7.91. The molecule has 0 fully saturated rings. The van der Waals surface area contributed by atoms with E-state index in [2.05, 4.69) is 4.40 Å². The Labute approximate surface area is 107 Å². The smallest absolute Gasteiger partial charge is 0.144 e. The van der Waals surface area contributed by atoms with Gasteiger partial charge in [-0.2, -0.15) is 0 Å². The molecule has 0 N–H and O–H groups in total. The van der Waals surface area contributed by atoms with Gasteiger partial charge < -0.3 is 4.55 Å². The molecule has 0 aromatic heterocycles. The van der Waals surface area contributed by atoms with Gasteiger partial charge in [0.25, 0.3) is 0 Å². The zero-order valence-electron chi connectivity index (χ0n) is 9.63. The van der Waals surface area contributed by atoms with Crippen molar-refractivity contribution in [3.8, 4) is 0 Å². The number of halogens is 3. The third-order valence-electron chi connectivity index (χ3n) is 1.85. The molecule has 0 radical (unpaired) electrons. The summed E-state index contributed by atoms with van der Waals surface area (Å²) in [4.78, 5) is 0. The molecule has 1 rings (SSSR count). The molecule has 1 aromatic rings. The zero-order chi connectivity index (χ0) is 13.2. The summed E-state index contributed by atoms with van der Waals surface area (Å²) < 4.78 is 41.1. The van der Waals surface area contributed by atoms with E-state index in [1.807, 2.05) is 0 Å². The van der Waals surface area contributed by atoms with Crippen molar-refractivity contribution in [3.63, 3.8) is 0 Å². The second-order valence-corrected chi connectivity index (χ2v) is 6.72. The van der Waals surface area contributed by atoms with Crippen molar-refractivity contribution in [2.45, 2.75) is 25.5 Å². The second-order valence-electron chi connectivity index (χ2n) is 4.38. The number of hydrogen-bond acceptors (Lipinski definition) is 2. The van der Waals surface area contributed by atoms with E-state index >= 15 is 0 Å². The van der Waals surface area contributed by atoms with Gasteiger partial charge in [-0.3, -0.25) is 0 Å². The van der Waals surface area contributed by atoms with Crippen molar-refractivity contribution in [2.24, 2.45) is 4.40 Å². The fourth-order valence-electron chi connectivity index (χ4n) is 0.900. The molecule has 2 nitrogen and oxygen atoms in total. The number of benzene rings is 1. The molecule has 6 heteroatoms. The monoisotopic (exact) mass is 279 g/mol. The van der Waals surface area contributed by atoms with Gasteiger partial charge in [0.15, 0.2) is 0 Å². The number of hydrogen-bond donors (Lipinski definition) is 0. The molecule has 1 unspecified atom stereocenters. The molecule has 94 valence electrons. The fourth-order valence-corrected chi connectivity index (χ4v) is 1.58. The van der Waals surface area contributed by atoms with Gasteiger partial charge in [-0.1, -0.05) is 16.0 Å². The Morgan fingerprint density at radius 1 is 1.29 bits per heavy atom. The Bertz CT molecular complexity index is 446. The van der Waals surface area contributed by atoms with E-state index in [1.165, 1.54) is 0 Å². The Kier molecular flexibility index (Phi) is 4.52. The van der Waals surface area contributed by atoms with Crippen molar-refractivity contribution >= 4 is 29.2 Å². The molecular formula is C11H12ClF2NOS. The standard InChI is InChI=1S/C11H12ClF2NOS/c1-11(2,3)17(16)15-6-7-4-10(14)8(12)5-9(7)13/h4-6H,1-3H3/b15-6+. The van der Waals surface area contributed by atoms with Crippen molar-refractivity contribution in [1.29, 1.82) is 0 Å². The SMILES string of the molecule is CC(C)(C)[S+]([O-])/N=C/c1cc(F)c(Cl)cc1F. The van der Waals surface area contributed by atoms with Crippen molar-refractivity contribution in [1.82, 2.24) is 0 Å². The van der Waals surface area contributed by atoms with E-state index < -0.39 is 27.7 Å². The maximum Gasteiger partial charge on any atom is 0.144 e. The third-order valence-corrected chi connectivity index (χ3v) is 3.49. The van der Waals surface area contributed by atoms with Crippen LogP contribution in [0.2, 0.25) is 5.02 Å². The molecule has 0 amide bonds. The van der Waals surface area contributed by atoms with Gasteiger partial charge in [0.1, 0.15) is 27.7 Å². The predicted octanol–water partition coefficient (Wildman–Crippen LogP) is 3.50. The lowest BCUT2D eigenvalue weighted by molar-refractivity contribution is 0.561. The highest BCUT2D eigenvalue weighted by Gasteiger charge is 2.26. The molecule has 1 aromatic carbocycles. The lowest BCUT2D eigenvalue weighted by Crippen LogP contribution is -2.25. The van der Waals surface area contributed by atoms with Crippen LogP contribution in [-0.2, 0) is 11.4 Å². The minimum absolute atomic E-state index is 0.0792. The van der Waals surface area contributed by atoms with Crippen LogP contribution in [0.1, 0.15) is 26.3 Å². The largest absolute Gasteiger partial charge is 0.591 e. The highest BCUT2D eigenvalue weighted by Crippen LogP contribution is 2.20. The molecule has 0 spiro atoms. The summed E-state index contributed by atoms with van der Waals surface area (Å²) in [5, 5.41) is -0.295. The minimum atomic E-state index is -1.51. The molecule has 17 heavy (non-hydrogen) atoms. The summed E-state index contributed by atoms with van der Waals surface area (Å²) in [7, 11) is 0. The summed E-state index contributed by atoms with van der Waals surface area (Å²) >= 11 is 3.89. The average molecular weight is 280 g/mol. The first kappa shape index (κ1) is 14.4. The van der Waals surface area contributed by atoms with E-state index in [-0.39, 0.29) is 10.6 Å². The van der Waals surface area contributed by atoms with Gasteiger partial charge >= 0.3 is 0 Å². The van der Waals surface area contributed by atoms with Crippen molar-refractivity contribution in [3.05, 3.63) is 34.4 Å². The topological polar surface area (TPSA) is 35.4 Å². The van der Waals surface area contributed by atoms with Crippen LogP contribution in [0, 0.1) is 11.6 Å². The summed E-state index contributed by atoms with van der Waals surface area (Å²) in [6.45, 7) is 5.21. The maximum atomic E-state index is 13.3. The maximum absolute atomic E-state index is 13.3. The molecule has 0 saturated heterocycles. The van der Waals surface area contributed by atoms with Crippen LogP contribution in [0.3, 0.4) is 0 Å². The van der Waals surface area contributed by atoms with Crippen LogP contribution in [0.5, 0.6) is 0 Å². The van der Waals surface area contributed by atoms with E-state index in [9.17, 15) is 13.3 Å². The lowest BCUT2D eigenvalue weighted by atomic mass is 10.2. The molecule has 0 aliphatic heterocycles. The highest BCUT2D eigenvalue weighted by atomic mass is 35.5. The minimum Gasteiger partial charge on any atom is -0.591 e. The molecule has 0 bridgehead atoms. The van der Waals surface area contributed by atoms with Crippen LogP contribution in [0.15, 0.2) is 16.5 Å². The van der Waals surface area contributed by atoms with Crippen LogP contribution in [-0.4, -0.2) is 15.5 Å². The van der Waals surface area contributed by atoms with Gasteiger partial charge in [0.2, 0.25) is 0 Å². The van der Waals surface area contributed by atoms with Crippen molar-refractivity contribution < 1.29 is 13.3 Å². The van der Waals surface area contributed by atoms with Gasteiger partial charge in [0.05, 0.1) is 11.2 Å². The van der Waals surface area contributed by atoms with Crippen LogP contribution in [0.4, 0.5) is 8.78 Å². The Hall–Kier alpha value is -0.650. The average Bonchev–Trinajstić information content (AvgIpc) is 2.19. The summed E-state index contributed by atoms with van der Waals surface area (Å²) in [6, 6.07) is 1.78. The summed E-state index contributed by atoms with van der Waals surface area (Å²) in [5.41, 5.74) is -0.0792. The van der Waals surface area contributed by atoms with Crippen molar-refractivity contribution in [2.75, 3.05) is 0 Å². The third kappa shape index (κ3) is 3.94. The molecule has 0 saturated carbocycles. The summed E-state index contributed by atoms with van der Waals surface area (Å²) in [5.74, 6) is -1.44. The molecule has 1 atom stereocenters. The van der Waals surface area contributed by atoms with Crippen LogP contribution >= 0.6 is 11.6 Å². The first-order chi connectivity index (χ1) is 7.71. The Morgan fingerprint density at radius 2 is 1.88 bits per heavy atom. The number of nitrogens with zero attached hydrogens (tertiary/aromatic N) is 1. The Balaban J connectivity index is 2.96. The fraction of sp³-hybridized carbons (Fsp3) is 0.364. The molecule has 0 aliphatic carbocycles. The molecular weight excluding hydrogens is 268 g/mol. The molecule has 0 heterocycles.